The molecule has 1 aromatic rings. The third-order valence-corrected chi connectivity index (χ3v) is 4.54. The Labute approximate surface area is 116 Å². The Morgan fingerprint density at radius 2 is 2.26 bits per heavy atom. The fraction of sp³-hybridized carbons (Fsp3) is 0.538. The van der Waals surface area contributed by atoms with E-state index in [1.54, 1.807) is 16.2 Å². The zero-order chi connectivity index (χ0) is 14.0. The van der Waals surface area contributed by atoms with Crippen molar-refractivity contribution in [2.45, 2.75) is 26.3 Å². The first-order valence-corrected chi connectivity index (χ1v) is 7.13. The van der Waals surface area contributed by atoms with Crippen LogP contribution in [0.2, 0.25) is 0 Å². The number of carboxylic acid groups (broad SMARTS) is 1. The third kappa shape index (κ3) is 3.26. The van der Waals surface area contributed by atoms with Crippen LogP contribution in [0.15, 0.2) is 12.1 Å². The molecule has 2 heterocycles. The van der Waals surface area contributed by atoms with E-state index in [4.69, 9.17) is 5.11 Å². The van der Waals surface area contributed by atoms with Gasteiger partial charge in [-0.2, -0.15) is 0 Å². The van der Waals surface area contributed by atoms with Crippen molar-refractivity contribution in [3.8, 4) is 0 Å². The Hall–Kier alpha value is -1.56. The lowest BCUT2D eigenvalue weighted by Gasteiger charge is -2.20. The highest BCUT2D eigenvalue weighted by Crippen LogP contribution is 2.23. The maximum absolute atomic E-state index is 12.0. The molecule has 0 spiro atoms. The monoisotopic (exact) mass is 282 g/mol. The molecule has 0 aromatic carbocycles. The lowest BCUT2D eigenvalue weighted by Crippen LogP contribution is -2.39. The van der Waals surface area contributed by atoms with Crippen LogP contribution in [0.3, 0.4) is 0 Å². The molecule has 2 rings (SSSR count). The quantitative estimate of drug-likeness (QED) is 0.893. The van der Waals surface area contributed by atoms with Crippen LogP contribution in [-0.4, -0.2) is 35.1 Å². The molecule has 0 bridgehead atoms. The maximum Gasteiger partial charge on any atom is 0.317 e. The van der Waals surface area contributed by atoms with Gasteiger partial charge in [-0.3, -0.25) is 4.79 Å². The van der Waals surface area contributed by atoms with E-state index in [2.05, 4.69) is 5.32 Å². The summed E-state index contributed by atoms with van der Waals surface area (Å²) in [5.41, 5.74) is 0. The highest BCUT2D eigenvalue weighted by Gasteiger charge is 2.31. The van der Waals surface area contributed by atoms with E-state index >= 15 is 0 Å². The van der Waals surface area contributed by atoms with Gasteiger partial charge in [0.2, 0.25) is 0 Å². The number of carboxylic acids is 1. The van der Waals surface area contributed by atoms with Gasteiger partial charge < -0.3 is 15.3 Å². The highest BCUT2D eigenvalue weighted by atomic mass is 32.1. The second-order valence-corrected chi connectivity index (χ2v) is 6.21. The largest absolute Gasteiger partial charge is 0.481 e. The minimum atomic E-state index is -0.822. The number of nitrogens with one attached hydrogen (secondary N) is 1. The van der Waals surface area contributed by atoms with Crippen LogP contribution in [0.5, 0.6) is 0 Å². The Morgan fingerprint density at radius 1 is 1.53 bits per heavy atom. The van der Waals surface area contributed by atoms with Gasteiger partial charge in [0.1, 0.15) is 0 Å². The van der Waals surface area contributed by atoms with Crippen molar-refractivity contribution in [1.82, 2.24) is 10.2 Å². The van der Waals surface area contributed by atoms with Crippen molar-refractivity contribution < 1.29 is 14.7 Å². The van der Waals surface area contributed by atoms with Crippen LogP contribution in [-0.2, 0) is 4.79 Å². The van der Waals surface area contributed by atoms with Crippen molar-refractivity contribution in [2.75, 3.05) is 13.1 Å². The van der Waals surface area contributed by atoms with Crippen LogP contribution in [0.4, 0.5) is 4.79 Å². The number of hydrogen-bond acceptors (Lipinski definition) is 3. The van der Waals surface area contributed by atoms with Crippen molar-refractivity contribution in [2.24, 2.45) is 5.92 Å². The van der Waals surface area contributed by atoms with Crippen molar-refractivity contribution in [1.29, 1.82) is 0 Å². The molecular formula is C13H18N2O3S. The van der Waals surface area contributed by atoms with E-state index in [9.17, 15) is 9.59 Å². The number of rotatable bonds is 3. The average Bonchev–Trinajstić information content (AvgIpc) is 2.96. The number of urea groups is 1. The molecule has 0 radical (unpaired) electrons. The summed E-state index contributed by atoms with van der Waals surface area (Å²) >= 11 is 1.66. The van der Waals surface area contributed by atoms with Gasteiger partial charge in [-0.05, 0) is 32.4 Å². The Bertz CT molecular complexity index is 486. The van der Waals surface area contributed by atoms with Crippen LogP contribution >= 0.6 is 11.3 Å². The topological polar surface area (TPSA) is 69.6 Å². The first-order valence-electron chi connectivity index (χ1n) is 6.32. The van der Waals surface area contributed by atoms with Gasteiger partial charge in [0, 0.05) is 22.8 Å². The second kappa shape index (κ2) is 5.61. The summed E-state index contributed by atoms with van der Waals surface area (Å²) in [6, 6.07) is 3.81. The molecule has 19 heavy (non-hydrogen) atoms. The molecule has 6 heteroatoms. The minimum absolute atomic E-state index is 0.0462. The third-order valence-electron chi connectivity index (χ3n) is 3.35. The smallest absolute Gasteiger partial charge is 0.317 e. The molecular weight excluding hydrogens is 264 g/mol. The lowest BCUT2D eigenvalue weighted by atomic mass is 10.1. The minimum Gasteiger partial charge on any atom is -0.481 e. The zero-order valence-corrected chi connectivity index (χ0v) is 11.9. The summed E-state index contributed by atoms with van der Waals surface area (Å²) in [7, 11) is 0. The fourth-order valence-electron chi connectivity index (χ4n) is 2.18. The van der Waals surface area contributed by atoms with Gasteiger partial charge in [0.15, 0.2) is 0 Å². The molecule has 2 N–H and O–H groups in total. The van der Waals surface area contributed by atoms with E-state index in [1.807, 2.05) is 26.0 Å². The number of nitrogens with zero attached hydrogens (tertiary/aromatic N) is 1. The van der Waals surface area contributed by atoms with E-state index in [-0.39, 0.29) is 12.1 Å². The standard InChI is InChI=1S/C13H18N2O3S/c1-8-3-4-11(19-8)9(2)14-13(18)15-6-5-10(7-15)12(16)17/h3-4,9-10H,5-7H2,1-2H3,(H,14,18)(H,16,17). The number of carbonyl (C=O) groups excluding carboxylic acids is 1. The Balaban J connectivity index is 1.89. The Morgan fingerprint density at radius 3 is 2.79 bits per heavy atom. The predicted octanol–water partition coefficient (Wildman–Crippen LogP) is 2.23. The van der Waals surface area contributed by atoms with E-state index < -0.39 is 11.9 Å². The first kappa shape index (κ1) is 13.9. The Kier molecular flexibility index (Phi) is 4.09. The zero-order valence-electron chi connectivity index (χ0n) is 11.0. The molecule has 5 nitrogen and oxygen atoms in total. The van der Waals surface area contributed by atoms with E-state index in [0.717, 1.165) is 4.88 Å². The second-order valence-electron chi connectivity index (χ2n) is 4.89. The molecule has 2 unspecified atom stereocenters. The summed E-state index contributed by atoms with van der Waals surface area (Å²) in [6.45, 7) is 4.78. The molecule has 2 amide bonds. The predicted molar refractivity (Wildman–Crippen MR) is 73.3 cm³/mol. The fourth-order valence-corrected chi connectivity index (χ4v) is 3.06. The summed E-state index contributed by atoms with van der Waals surface area (Å²) in [5.74, 6) is -1.25. The molecule has 1 saturated heterocycles. The number of likely N-dealkylation sites (tertiary alicyclic amines) is 1. The summed E-state index contributed by atoms with van der Waals surface area (Å²) < 4.78 is 0. The molecule has 0 saturated carbocycles. The summed E-state index contributed by atoms with van der Waals surface area (Å²) in [4.78, 5) is 26.8. The van der Waals surface area contributed by atoms with Crippen LogP contribution in [0.1, 0.15) is 29.1 Å². The summed E-state index contributed by atoms with van der Waals surface area (Å²) in [6.07, 6.45) is 0.537. The van der Waals surface area contributed by atoms with Crippen molar-refractivity contribution in [3.05, 3.63) is 21.9 Å². The SMILES string of the molecule is Cc1ccc(C(C)NC(=O)N2CCC(C(=O)O)C2)s1. The number of aryl methyl sites for hydroxylation is 1. The molecule has 1 aromatic heterocycles. The van der Waals surface area contributed by atoms with Crippen molar-refractivity contribution in [3.63, 3.8) is 0 Å². The van der Waals surface area contributed by atoms with Gasteiger partial charge in [0.25, 0.3) is 0 Å². The molecule has 104 valence electrons. The number of hydrogen-bond donors (Lipinski definition) is 2. The normalized spacial score (nSPS) is 20.3. The number of aliphatic carboxylic acids is 1. The molecule has 1 aliphatic rings. The molecule has 1 aliphatic heterocycles. The molecule has 0 aliphatic carbocycles. The van der Waals surface area contributed by atoms with E-state index in [1.165, 1.54) is 4.88 Å². The maximum atomic E-state index is 12.0. The van der Waals surface area contributed by atoms with Gasteiger partial charge in [0.05, 0.1) is 12.0 Å². The highest BCUT2D eigenvalue weighted by molar-refractivity contribution is 7.12. The van der Waals surface area contributed by atoms with Crippen LogP contribution < -0.4 is 5.32 Å². The van der Waals surface area contributed by atoms with E-state index in [0.29, 0.717) is 19.5 Å². The number of carbonyl (C=O) groups is 2. The van der Waals surface area contributed by atoms with Gasteiger partial charge >= 0.3 is 12.0 Å². The molecule has 1 fully saturated rings. The number of amides is 2. The van der Waals surface area contributed by atoms with Gasteiger partial charge in [-0.25, -0.2) is 4.79 Å². The van der Waals surface area contributed by atoms with Crippen LogP contribution in [0, 0.1) is 12.8 Å². The first-order chi connectivity index (χ1) is 8.97. The van der Waals surface area contributed by atoms with Gasteiger partial charge in [-0.15, -0.1) is 11.3 Å². The summed E-state index contributed by atoms with van der Waals surface area (Å²) in [5, 5.41) is 11.8. The molecule has 2 atom stereocenters. The average molecular weight is 282 g/mol. The van der Waals surface area contributed by atoms with Gasteiger partial charge in [-0.1, -0.05) is 0 Å². The van der Waals surface area contributed by atoms with Crippen LogP contribution in [0.25, 0.3) is 0 Å². The number of thiophene rings is 1. The van der Waals surface area contributed by atoms with Crippen molar-refractivity contribution >= 4 is 23.3 Å². The lowest BCUT2D eigenvalue weighted by molar-refractivity contribution is -0.141.